The molecule has 6 N–H and O–H groups in total. The summed E-state index contributed by atoms with van der Waals surface area (Å²) < 4.78 is 6.69. The van der Waals surface area contributed by atoms with Crippen molar-refractivity contribution in [2.75, 3.05) is 19.7 Å². The maximum absolute atomic E-state index is 11.7. The van der Waals surface area contributed by atoms with Gasteiger partial charge >= 0.3 is 5.69 Å². The topological polar surface area (TPSA) is 217 Å². The second-order valence-corrected chi connectivity index (χ2v) is 8.19. The minimum absolute atomic E-state index is 0.265. The van der Waals surface area contributed by atoms with E-state index in [2.05, 4.69) is 15.0 Å². The zero-order chi connectivity index (χ0) is 23.6. The van der Waals surface area contributed by atoms with Crippen LogP contribution in [0.2, 0.25) is 0 Å². The van der Waals surface area contributed by atoms with Crippen LogP contribution in [0.15, 0.2) is 20.9 Å². The largest absolute Gasteiger partial charge is 0.394 e. The Morgan fingerprint density at radius 3 is 2.62 bits per heavy atom. The van der Waals surface area contributed by atoms with Gasteiger partial charge in [-0.3, -0.25) is 19.2 Å². The third-order valence-electron chi connectivity index (χ3n) is 6.08. The lowest BCUT2D eigenvalue weighted by Gasteiger charge is -2.40. The molecule has 4 rings (SSSR count). The van der Waals surface area contributed by atoms with Gasteiger partial charge in [-0.2, -0.15) is 0 Å². The molecule has 178 valence electrons. The highest BCUT2D eigenvalue weighted by atomic mass is 16.5. The van der Waals surface area contributed by atoms with Crippen LogP contribution in [0.5, 0.6) is 0 Å². The number of nitrogens with zero attached hydrogens (tertiary/aromatic N) is 5. The quantitative estimate of drug-likeness (QED) is 0.158. The summed E-state index contributed by atoms with van der Waals surface area (Å²) in [5, 5.41) is 50.5. The Labute approximate surface area is 181 Å². The molecule has 0 unspecified atom stereocenters. The third-order valence-corrected chi connectivity index (χ3v) is 6.08. The number of fused-ring (bicyclic) bond motifs is 1. The molecule has 1 aromatic heterocycles. The first kappa shape index (κ1) is 24.4. The van der Waals surface area contributed by atoms with E-state index in [1.807, 2.05) is 4.90 Å². The van der Waals surface area contributed by atoms with E-state index in [1.54, 1.807) is 6.92 Å². The Morgan fingerprint density at radius 1 is 1.25 bits per heavy atom. The molecule has 0 aromatic carbocycles. The van der Waals surface area contributed by atoms with Crippen LogP contribution in [-0.2, 0) is 4.74 Å². The molecule has 0 bridgehead atoms. The van der Waals surface area contributed by atoms with Crippen LogP contribution in [0.3, 0.4) is 0 Å². The van der Waals surface area contributed by atoms with Crippen molar-refractivity contribution >= 4 is 0 Å². The first-order valence-electron chi connectivity index (χ1n) is 10.3. The van der Waals surface area contributed by atoms with E-state index >= 15 is 0 Å². The minimum atomic E-state index is -1.13. The molecule has 14 heteroatoms. The van der Waals surface area contributed by atoms with E-state index in [0.29, 0.717) is 25.1 Å². The SMILES string of the molecule is Cc1cn([C@H]2C[C@H](N=[N+]=[N-])[C@@H](CO)O2)c(=O)[nH]c1=O.O[C@H]1[C@H](O)[C@@H](O)CN2CC[C@H](O)[C@H]12. The summed E-state index contributed by atoms with van der Waals surface area (Å²) in [6.45, 7) is 2.27. The van der Waals surface area contributed by atoms with Gasteiger partial charge in [0.2, 0.25) is 0 Å². The van der Waals surface area contributed by atoms with Crippen LogP contribution in [-0.4, -0.2) is 102 Å². The van der Waals surface area contributed by atoms with E-state index in [-0.39, 0.29) is 13.0 Å². The Hall–Kier alpha value is -2.29. The number of piperidine rings is 1. The van der Waals surface area contributed by atoms with E-state index in [1.165, 1.54) is 10.8 Å². The summed E-state index contributed by atoms with van der Waals surface area (Å²) >= 11 is 0. The van der Waals surface area contributed by atoms with Gasteiger partial charge in [-0.25, -0.2) is 4.79 Å². The zero-order valence-electron chi connectivity index (χ0n) is 17.4. The summed E-state index contributed by atoms with van der Waals surface area (Å²) in [7, 11) is 0. The molecule has 3 aliphatic rings. The highest BCUT2D eigenvalue weighted by Gasteiger charge is 2.47. The van der Waals surface area contributed by atoms with Crippen LogP contribution in [0.25, 0.3) is 10.4 Å². The maximum atomic E-state index is 11.7. The Kier molecular flexibility index (Phi) is 7.69. The Bertz CT molecular complexity index is 962. The number of H-pyrrole nitrogens is 1. The van der Waals surface area contributed by atoms with Crippen LogP contribution < -0.4 is 11.2 Å². The van der Waals surface area contributed by atoms with Gasteiger partial charge < -0.3 is 30.3 Å². The summed E-state index contributed by atoms with van der Waals surface area (Å²) in [5.41, 5.74) is 7.76. The molecule has 0 aliphatic carbocycles. The predicted octanol–water partition coefficient (Wildman–Crippen LogP) is -2.68. The van der Waals surface area contributed by atoms with Crippen molar-refractivity contribution in [2.45, 2.75) is 68.6 Å². The minimum Gasteiger partial charge on any atom is -0.394 e. The summed E-state index contributed by atoms with van der Waals surface area (Å²) in [6, 6.07) is -0.947. The van der Waals surface area contributed by atoms with Gasteiger partial charge in [0, 0.05) is 36.2 Å². The van der Waals surface area contributed by atoms with E-state index in [9.17, 15) is 30.0 Å². The summed E-state index contributed by atoms with van der Waals surface area (Å²) in [5.74, 6) is 0. The van der Waals surface area contributed by atoms with Crippen molar-refractivity contribution in [3.8, 4) is 0 Å². The van der Waals surface area contributed by atoms with Gasteiger partial charge in [0.1, 0.15) is 18.4 Å². The average Bonchev–Trinajstić information content (AvgIpc) is 3.33. The Morgan fingerprint density at radius 2 is 1.97 bits per heavy atom. The van der Waals surface area contributed by atoms with E-state index < -0.39 is 60.1 Å². The fraction of sp³-hybridized carbons (Fsp3) is 0.778. The van der Waals surface area contributed by atoms with Crippen LogP contribution in [0.4, 0.5) is 0 Å². The molecule has 0 amide bonds. The lowest BCUT2D eigenvalue weighted by atomic mass is 9.93. The van der Waals surface area contributed by atoms with Gasteiger partial charge in [-0.15, -0.1) is 0 Å². The monoisotopic (exact) mass is 456 g/mol. The van der Waals surface area contributed by atoms with Gasteiger partial charge in [0.25, 0.3) is 5.56 Å². The fourth-order valence-corrected chi connectivity index (χ4v) is 4.33. The number of hydrogen-bond donors (Lipinski definition) is 6. The van der Waals surface area contributed by atoms with Crippen molar-refractivity contribution in [2.24, 2.45) is 5.11 Å². The standard InChI is InChI=1S/C10H13N5O4.C8H15NO4/c1-5-3-15(10(18)12-9(5)17)8-2-6(13-14-11)7(4-16)19-8;10-4-1-2-9-3-5(11)7(12)8(13)6(4)9/h3,6-8,16H,2,4H2,1H3,(H,12,17,18);4-8,10-13H,1-3H2/t6-,7+,8+;4-,5-,6+,7+,8+/m00/s1. The first-order chi connectivity index (χ1) is 15.2. The van der Waals surface area contributed by atoms with Crippen molar-refractivity contribution in [3.63, 3.8) is 0 Å². The van der Waals surface area contributed by atoms with E-state index in [0.717, 1.165) is 0 Å². The van der Waals surface area contributed by atoms with Gasteiger partial charge in [-0.1, -0.05) is 5.11 Å². The molecule has 32 heavy (non-hydrogen) atoms. The molecule has 1 aromatic rings. The van der Waals surface area contributed by atoms with Crippen molar-refractivity contribution < 1.29 is 30.3 Å². The molecule has 4 heterocycles. The van der Waals surface area contributed by atoms with Gasteiger partial charge in [0.05, 0.1) is 37.0 Å². The zero-order valence-corrected chi connectivity index (χ0v) is 17.4. The van der Waals surface area contributed by atoms with Gasteiger partial charge in [0.15, 0.2) is 0 Å². The maximum Gasteiger partial charge on any atom is 0.330 e. The molecule has 0 spiro atoms. The van der Waals surface area contributed by atoms with Crippen molar-refractivity contribution in [1.82, 2.24) is 14.5 Å². The lowest BCUT2D eigenvalue weighted by Crippen LogP contribution is -2.61. The third kappa shape index (κ3) is 4.87. The molecule has 3 saturated heterocycles. The smallest absolute Gasteiger partial charge is 0.330 e. The molecular formula is C18H28N6O8. The average molecular weight is 456 g/mol. The number of aliphatic hydroxyl groups excluding tert-OH is 5. The molecule has 0 radical (unpaired) electrons. The van der Waals surface area contributed by atoms with Crippen molar-refractivity contribution in [1.29, 1.82) is 0 Å². The number of nitrogens with one attached hydrogen (secondary N) is 1. The Balaban J connectivity index is 0.000000193. The fourth-order valence-electron chi connectivity index (χ4n) is 4.33. The summed E-state index contributed by atoms with van der Waals surface area (Å²) in [4.78, 5) is 29.7. The molecule has 3 fully saturated rings. The number of azide groups is 1. The number of aromatic amines is 1. The number of aryl methyl sites for hydroxylation is 1. The summed E-state index contributed by atoms with van der Waals surface area (Å²) in [6.07, 6.45) is -2.74. The van der Waals surface area contributed by atoms with E-state index in [4.69, 9.17) is 15.4 Å². The number of ether oxygens (including phenoxy) is 1. The molecule has 0 saturated carbocycles. The second-order valence-electron chi connectivity index (χ2n) is 8.19. The molecular weight excluding hydrogens is 428 g/mol. The van der Waals surface area contributed by atoms with Crippen LogP contribution >= 0.6 is 0 Å². The second kappa shape index (κ2) is 10.1. The number of hydrogen-bond acceptors (Lipinski definition) is 10. The highest BCUT2D eigenvalue weighted by molar-refractivity contribution is 5.03. The predicted molar refractivity (Wildman–Crippen MR) is 109 cm³/mol. The number of aliphatic hydroxyl groups is 5. The molecule has 14 nitrogen and oxygen atoms in total. The normalized spacial score (nSPS) is 36.7. The molecule has 8 atom stereocenters. The van der Waals surface area contributed by atoms with Crippen LogP contribution in [0.1, 0.15) is 24.6 Å². The lowest BCUT2D eigenvalue weighted by molar-refractivity contribution is -0.140. The van der Waals surface area contributed by atoms with Crippen molar-refractivity contribution in [3.05, 3.63) is 43.0 Å². The van der Waals surface area contributed by atoms with Crippen LogP contribution in [0, 0.1) is 6.92 Å². The number of aromatic nitrogens is 2. The highest BCUT2D eigenvalue weighted by Crippen LogP contribution is 2.30. The first-order valence-corrected chi connectivity index (χ1v) is 10.3. The van der Waals surface area contributed by atoms with Gasteiger partial charge in [-0.05, 0) is 18.9 Å². The molecule has 3 aliphatic heterocycles. The number of rotatable bonds is 3.